The molecule has 0 bridgehead atoms. The first-order chi connectivity index (χ1) is 12.0. The van der Waals surface area contributed by atoms with E-state index in [1.165, 1.54) is 22.5 Å². The predicted octanol–water partition coefficient (Wildman–Crippen LogP) is 4.74. The van der Waals surface area contributed by atoms with Gasteiger partial charge in [0.2, 0.25) is 0 Å². The van der Waals surface area contributed by atoms with Crippen LogP contribution in [0.2, 0.25) is 0 Å². The van der Waals surface area contributed by atoms with Crippen molar-refractivity contribution >= 4 is 51.1 Å². The van der Waals surface area contributed by atoms with E-state index in [1.54, 1.807) is 0 Å². The topological polar surface area (TPSA) is 34.0 Å². The normalized spacial score (nSPS) is 16.0. The second-order valence-corrected chi connectivity index (χ2v) is 7.76. The molecule has 1 aliphatic heterocycles. The number of amides is 1. The van der Waals surface area contributed by atoms with Crippen molar-refractivity contribution in [3.8, 4) is 5.69 Å². The fourth-order valence-corrected chi connectivity index (χ4v) is 4.24. The van der Waals surface area contributed by atoms with Crippen LogP contribution < -0.4 is 5.32 Å². The Balaban J connectivity index is 1.80. The average molecular weight is 364 g/mol. The quantitative estimate of drug-likeness (QED) is 0.527. The number of fused-ring (bicyclic) bond motifs is 1. The Labute approximate surface area is 155 Å². The molecule has 0 unspecified atom stereocenters. The van der Waals surface area contributed by atoms with Gasteiger partial charge in [0.15, 0.2) is 0 Å². The SMILES string of the molecule is Cc1cc(/C=C2\SC(=S)NC2=O)c(C)n1-c1ccc2ccccc2c1. The number of benzene rings is 2. The summed E-state index contributed by atoms with van der Waals surface area (Å²) in [5.41, 5.74) is 4.39. The number of hydrogen-bond donors (Lipinski definition) is 1. The summed E-state index contributed by atoms with van der Waals surface area (Å²) < 4.78 is 2.73. The Morgan fingerprint density at radius 2 is 1.84 bits per heavy atom. The zero-order chi connectivity index (χ0) is 17.6. The van der Waals surface area contributed by atoms with E-state index >= 15 is 0 Å². The number of nitrogens with zero attached hydrogens (tertiary/aromatic N) is 1. The van der Waals surface area contributed by atoms with Crippen molar-refractivity contribution in [1.82, 2.24) is 9.88 Å². The molecule has 4 rings (SSSR count). The lowest BCUT2D eigenvalue weighted by Crippen LogP contribution is -2.17. The number of thiocarbonyl (C=S) groups is 1. The highest BCUT2D eigenvalue weighted by Crippen LogP contribution is 2.30. The van der Waals surface area contributed by atoms with Crippen LogP contribution >= 0.6 is 24.0 Å². The zero-order valence-corrected chi connectivity index (χ0v) is 15.5. The van der Waals surface area contributed by atoms with E-state index in [1.807, 2.05) is 12.1 Å². The number of carbonyl (C=O) groups excluding carboxylic acids is 1. The van der Waals surface area contributed by atoms with Crippen molar-refractivity contribution < 1.29 is 4.79 Å². The van der Waals surface area contributed by atoms with E-state index in [0.29, 0.717) is 9.23 Å². The highest BCUT2D eigenvalue weighted by molar-refractivity contribution is 8.26. The molecule has 3 nitrogen and oxygen atoms in total. The van der Waals surface area contributed by atoms with Crippen LogP contribution in [0.25, 0.3) is 22.5 Å². The van der Waals surface area contributed by atoms with Crippen LogP contribution in [0.15, 0.2) is 53.4 Å². The summed E-state index contributed by atoms with van der Waals surface area (Å²) in [7, 11) is 0. The highest BCUT2D eigenvalue weighted by Gasteiger charge is 2.23. The molecule has 1 N–H and O–H groups in total. The molecule has 2 heterocycles. The number of hydrogen-bond acceptors (Lipinski definition) is 3. The molecule has 5 heteroatoms. The van der Waals surface area contributed by atoms with Gasteiger partial charge in [0.25, 0.3) is 5.91 Å². The largest absolute Gasteiger partial charge is 0.318 e. The van der Waals surface area contributed by atoms with Gasteiger partial charge in [-0.1, -0.05) is 54.3 Å². The lowest BCUT2D eigenvalue weighted by atomic mass is 10.1. The number of aromatic nitrogens is 1. The highest BCUT2D eigenvalue weighted by atomic mass is 32.2. The van der Waals surface area contributed by atoms with Crippen LogP contribution in [0.1, 0.15) is 17.0 Å². The van der Waals surface area contributed by atoms with Crippen molar-refractivity contribution in [2.24, 2.45) is 0 Å². The van der Waals surface area contributed by atoms with Crippen molar-refractivity contribution in [2.75, 3.05) is 0 Å². The van der Waals surface area contributed by atoms with Crippen LogP contribution in [0.3, 0.4) is 0 Å². The molecule has 0 aliphatic carbocycles. The Bertz CT molecular complexity index is 1060. The maximum absolute atomic E-state index is 11.9. The van der Waals surface area contributed by atoms with Gasteiger partial charge in [0, 0.05) is 17.1 Å². The Morgan fingerprint density at radius 3 is 2.56 bits per heavy atom. The standard InChI is InChI=1S/C20H16N2OS2/c1-12-9-16(11-18-19(23)21-20(24)25-18)13(2)22(12)17-8-7-14-5-3-4-6-15(14)10-17/h3-11H,1-2H3,(H,21,23,24)/b18-11-. The molecule has 1 fully saturated rings. The molecule has 1 saturated heterocycles. The van der Waals surface area contributed by atoms with Crippen LogP contribution in [0, 0.1) is 13.8 Å². The molecule has 3 aromatic rings. The molecule has 1 aliphatic rings. The van der Waals surface area contributed by atoms with E-state index in [4.69, 9.17) is 12.2 Å². The lowest BCUT2D eigenvalue weighted by Gasteiger charge is -2.11. The fraction of sp³-hybridized carbons (Fsp3) is 0.100. The summed E-state index contributed by atoms with van der Waals surface area (Å²) >= 11 is 6.37. The Morgan fingerprint density at radius 1 is 1.08 bits per heavy atom. The maximum Gasteiger partial charge on any atom is 0.263 e. The molecular weight excluding hydrogens is 348 g/mol. The molecular formula is C20H16N2OS2. The molecule has 1 aromatic heterocycles. The number of aryl methyl sites for hydroxylation is 1. The minimum atomic E-state index is -0.120. The first-order valence-corrected chi connectivity index (χ1v) is 9.18. The molecule has 0 radical (unpaired) electrons. The summed E-state index contributed by atoms with van der Waals surface area (Å²) in [4.78, 5) is 12.6. The van der Waals surface area contributed by atoms with Gasteiger partial charge < -0.3 is 9.88 Å². The summed E-state index contributed by atoms with van der Waals surface area (Å²) in [6.45, 7) is 4.15. The van der Waals surface area contributed by atoms with E-state index < -0.39 is 0 Å². The van der Waals surface area contributed by atoms with Crippen molar-refractivity contribution in [1.29, 1.82) is 0 Å². The van der Waals surface area contributed by atoms with Gasteiger partial charge in [-0.2, -0.15) is 0 Å². The van der Waals surface area contributed by atoms with E-state index in [9.17, 15) is 4.79 Å². The summed E-state index contributed by atoms with van der Waals surface area (Å²) in [6, 6.07) is 16.9. The minimum absolute atomic E-state index is 0.120. The minimum Gasteiger partial charge on any atom is -0.318 e. The first kappa shape index (κ1) is 16.1. The summed E-state index contributed by atoms with van der Waals surface area (Å²) in [5, 5.41) is 5.10. The van der Waals surface area contributed by atoms with Gasteiger partial charge in [-0.05, 0) is 54.5 Å². The molecule has 124 valence electrons. The van der Waals surface area contributed by atoms with Crippen LogP contribution in [-0.2, 0) is 4.79 Å². The number of rotatable bonds is 2. The summed E-state index contributed by atoms with van der Waals surface area (Å²) in [5.74, 6) is -0.120. The van der Waals surface area contributed by atoms with E-state index in [0.717, 1.165) is 22.6 Å². The van der Waals surface area contributed by atoms with Gasteiger partial charge >= 0.3 is 0 Å². The van der Waals surface area contributed by atoms with Crippen molar-refractivity contribution in [2.45, 2.75) is 13.8 Å². The third kappa shape index (κ3) is 2.90. The van der Waals surface area contributed by atoms with Crippen LogP contribution in [-0.4, -0.2) is 14.8 Å². The van der Waals surface area contributed by atoms with Gasteiger partial charge in [0.05, 0.1) is 4.91 Å². The third-order valence-electron chi connectivity index (χ3n) is 4.39. The van der Waals surface area contributed by atoms with Crippen molar-refractivity contribution in [3.05, 3.63) is 70.4 Å². The van der Waals surface area contributed by atoms with Crippen LogP contribution in [0.4, 0.5) is 0 Å². The second kappa shape index (κ2) is 6.17. The van der Waals surface area contributed by atoms with Crippen LogP contribution in [0.5, 0.6) is 0 Å². The monoisotopic (exact) mass is 364 g/mol. The fourth-order valence-electron chi connectivity index (χ4n) is 3.21. The van der Waals surface area contributed by atoms with Gasteiger partial charge in [0.1, 0.15) is 4.32 Å². The maximum atomic E-state index is 11.9. The van der Waals surface area contributed by atoms with Gasteiger partial charge in [-0.25, -0.2) is 0 Å². The predicted molar refractivity (Wildman–Crippen MR) is 109 cm³/mol. The zero-order valence-electron chi connectivity index (χ0n) is 13.9. The van der Waals surface area contributed by atoms with Crippen molar-refractivity contribution in [3.63, 3.8) is 0 Å². The molecule has 25 heavy (non-hydrogen) atoms. The average Bonchev–Trinajstić information content (AvgIpc) is 3.05. The number of thioether (sulfide) groups is 1. The van der Waals surface area contributed by atoms with Gasteiger partial charge in [-0.3, -0.25) is 4.79 Å². The Hall–Kier alpha value is -2.37. The molecule has 0 saturated carbocycles. The smallest absolute Gasteiger partial charge is 0.263 e. The van der Waals surface area contributed by atoms with E-state index in [2.05, 4.69) is 66.2 Å². The van der Waals surface area contributed by atoms with E-state index in [-0.39, 0.29) is 5.91 Å². The summed E-state index contributed by atoms with van der Waals surface area (Å²) in [6.07, 6.45) is 1.92. The number of carbonyl (C=O) groups is 1. The first-order valence-electron chi connectivity index (χ1n) is 7.96. The Kier molecular flexibility index (Phi) is 3.98. The van der Waals surface area contributed by atoms with Gasteiger partial charge in [-0.15, -0.1) is 0 Å². The second-order valence-electron chi connectivity index (χ2n) is 6.05. The molecule has 0 atom stereocenters. The third-order valence-corrected chi connectivity index (χ3v) is 5.55. The molecule has 1 amide bonds. The lowest BCUT2D eigenvalue weighted by molar-refractivity contribution is -0.115. The molecule has 0 spiro atoms. The molecule has 2 aromatic carbocycles. The number of nitrogens with one attached hydrogen (secondary N) is 1.